The van der Waals surface area contributed by atoms with E-state index in [-0.39, 0.29) is 22.4 Å². The zero-order valence-corrected chi connectivity index (χ0v) is 15.4. The molecular formula is C19H15N3O8. The minimum atomic E-state index is -1.12. The summed E-state index contributed by atoms with van der Waals surface area (Å²) in [5, 5.41) is 40.3. The summed E-state index contributed by atoms with van der Waals surface area (Å²) >= 11 is 0. The molecule has 0 aliphatic rings. The van der Waals surface area contributed by atoms with Gasteiger partial charge in [0, 0.05) is 18.3 Å². The van der Waals surface area contributed by atoms with Gasteiger partial charge < -0.3 is 15.3 Å². The molecule has 1 heterocycles. The molecule has 3 rings (SSSR count). The maximum atomic E-state index is 10.6. The number of nitro groups is 1. The molecule has 0 atom stereocenters. The first-order valence-corrected chi connectivity index (χ1v) is 8.19. The summed E-state index contributed by atoms with van der Waals surface area (Å²) in [5.74, 6) is -3.31. The number of carboxylic acid groups (broad SMARTS) is 3. The molecule has 0 amide bonds. The molecule has 154 valence electrons. The Bertz CT molecular complexity index is 1090. The van der Waals surface area contributed by atoms with Crippen molar-refractivity contribution in [2.45, 2.75) is 6.92 Å². The normalized spacial score (nSPS) is 9.90. The molecule has 0 bridgehead atoms. The Morgan fingerprint density at radius 3 is 1.80 bits per heavy atom. The predicted octanol–water partition coefficient (Wildman–Crippen LogP) is 2.87. The molecular weight excluding hydrogens is 398 g/mol. The number of hydrogen-bond donors (Lipinski definition) is 3. The van der Waals surface area contributed by atoms with Crippen molar-refractivity contribution < 1.29 is 34.6 Å². The highest BCUT2D eigenvalue weighted by atomic mass is 16.6. The van der Waals surface area contributed by atoms with E-state index in [0.29, 0.717) is 11.3 Å². The molecule has 3 aromatic rings. The van der Waals surface area contributed by atoms with E-state index in [1.807, 2.05) is 0 Å². The van der Waals surface area contributed by atoms with Gasteiger partial charge in [0.05, 0.1) is 33.5 Å². The quantitative estimate of drug-likeness (QED) is 0.420. The Labute approximate surface area is 168 Å². The van der Waals surface area contributed by atoms with Crippen molar-refractivity contribution in [2.24, 2.45) is 0 Å². The van der Waals surface area contributed by atoms with Crippen molar-refractivity contribution in [3.63, 3.8) is 0 Å². The van der Waals surface area contributed by atoms with Crippen LogP contribution in [-0.4, -0.2) is 47.9 Å². The zero-order valence-electron chi connectivity index (χ0n) is 15.4. The van der Waals surface area contributed by atoms with E-state index < -0.39 is 22.8 Å². The summed E-state index contributed by atoms with van der Waals surface area (Å²) in [5.41, 5.74) is 1.21. The molecule has 11 nitrogen and oxygen atoms in total. The number of hydrogen-bond acceptors (Lipinski definition) is 6. The second-order valence-corrected chi connectivity index (χ2v) is 5.95. The van der Waals surface area contributed by atoms with Gasteiger partial charge in [-0.05, 0) is 42.8 Å². The van der Waals surface area contributed by atoms with Crippen LogP contribution >= 0.6 is 0 Å². The van der Waals surface area contributed by atoms with E-state index in [0.717, 1.165) is 6.07 Å². The molecule has 3 N–H and O–H groups in total. The van der Waals surface area contributed by atoms with Gasteiger partial charge in [-0.25, -0.2) is 19.1 Å². The Hall–Kier alpha value is -4.54. The first-order chi connectivity index (χ1) is 14.1. The number of rotatable bonds is 5. The summed E-state index contributed by atoms with van der Waals surface area (Å²) in [6.45, 7) is 1.65. The topological polar surface area (TPSA) is 173 Å². The lowest BCUT2D eigenvalue weighted by Crippen LogP contribution is -2.02. The fraction of sp³-hybridized carbons (Fsp3) is 0.0526. The number of carboxylic acids is 3. The van der Waals surface area contributed by atoms with Gasteiger partial charge in [0.2, 0.25) is 0 Å². The van der Waals surface area contributed by atoms with Gasteiger partial charge in [-0.3, -0.25) is 10.1 Å². The van der Waals surface area contributed by atoms with Gasteiger partial charge in [0.1, 0.15) is 0 Å². The average Bonchev–Trinajstić information content (AvgIpc) is 3.18. The number of non-ortho nitro benzene ring substituents is 1. The lowest BCUT2D eigenvalue weighted by molar-refractivity contribution is -0.384. The van der Waals surface area contributed by atoms with E-state index in [9.17, 15) is 24.5 Å². The van der Waals surface area contributed by atoms with E-state index in [1.54, 1.807) is 6.92 Å². The zero-order chi connectivity index (χ0) is 22.4. The highest BCUT2D eigenvalue weighted by molar-refractivity contribution is 5.94. The van der Waals surface area contributed by atoms with Crippen LogP contribution in [0.1, 0.15) is 36.6 Å². The van der Waals surface area contributed by atoms with Gasteiger partial charge in [-0.2, -0.15) is 5.10 Å². The summed E-state index contributed by atoms with van der Waals surface area (Å²) in [6, 6.07) is 9.64. The molecule has 0 radical (unpaired) electrons. The van der Waals surface area contributed by atoms with Crippen LogP contribution in [-0.2, 0) is 0 Å². The molecule has 0 saturated carbocycles. The molecule has 0 saturated heterocycles. The highest BCUT2D eigenvalue weighted by Gasteiger charge is 2.10. The molecule has 2 aromatic carbocycles. The largest absolute Gasteiger partial charge is 0.478 e. The SMILES string of the molecule is Cc1cc(C(=O)O)cc(C(=O)O)c1.O=C(O)c1cnn(-c2ccc([N+](=O)[O-])cc2)c1. The van der Waals surface area contributed by atoms with Crippen molar-refractivity contribution in [1.29, 1.82) is 0 Å². The van der Waals surface area contributed by atoms with E-state index >= 15 is 0 Å². The number of aromatic nitrogens is 2. The molecule has 0 spiro atoms. The van der Waals surface area contributed by atoms with Gasteiger partial charge >= 0.3 is 17.9 Å². The number of aromatic carboxylic acids is 3. The van der Waals surface area contributed by atoms with E-state index in [1.165, 1.54) is 53.5 Å². The smallest absolute Gasteiger partial charge is 0.338 e. The standard InChI is InChI=1S/C10H7N3O4.C9H8O4/c14-10(15)7-5-11-12(6-7)8-1-3-9(4-2-8)13(16)17;1-5-2-6(8(10)11)4-7(3-5)9(12)13/h1-6H,(H,14,15);2-4H,1H3,(H,10,11)(H,12,13). The minimum Gasteiger partial charge on any atom is -0.478 e. The Balaban J connectivity index is 0.000000222. The molecule has 0 unspecified atom stereocenters. The number of nitrogens with zero attached hydrogens (tertiary/aromatic N) is 3. The maximum absolute atomic E-state index is 10.6. The molecule has 1 aromatic heterocycles. The lowest BCUT2D eigenvalue weighted by Gasteiger charge is -1.99. The van der Waals surface area contributed by atoms with Crippen LogP contribution in [0.4, 0.5) is 5.69 Å². The summed E-state index contributed by atoms with van der Waals surface area (Å²) < 4.78 is 1.34. The van der Waals surface area contributed by atoms with Gasteiger partial charge in [-0.15, -0.1) is 0 Å². The number of aryl methyl sites for hydroxylation is 1. The van der Waals surface area contributed by atoms with Gasteiger partial charge in [0.25, 0.3) is 5.69 Å². The number of benzene rings is 2. The maximum Gasteiger partial charge on any atom is 0.338 e. The first kappa shape index (κ1) is 21.8. The minimum absolute atomic E-state index is 0.00241. The molecule has 11 heteroatoms. The first-order valence-electron chi connectivity index (χ1n) is 8.19. The third-order valence-corrected chi connectivity index (χ3v) is 3.73. The third kappa shape index (κ3) is 5.48. The Morgan fingerprint density at radius 2 is 1.40 bits per heavy atom. The van der Waals surface area contributed by atoms with Gasteiger partial charge in [-0.1, -0.05) is 0 Å². The van der Waals surface area contributed by atoms with Crippen molar-refractivity contribution >= 4 is 23.6 Å². The predicted molar refractivity (Wildman–Crippen MR) is 102 cm³/mol. The average molecular weight is 413 g/mol. The van der Waals surface area contributed by atoms with Crippen LogP contribution < -0.4 is 0 Å². The third-order valence-electron chi connectivity index (χ3n) is 3.73. The van der Waals surface area contributed by atoms with E-state index in [2.05, 4.69) is 5.10 Å². The van der Waals surface area contributed by atoms with Crippen LogP contribution in [0, 0.1) is 17.0 Å². The second-order valence-electron chi connectivity index (χ2n) is 5.95. The molecule has 0 aliphatic heterocycles. The van der Waals surface area contributed by atoms with Crippen molar-refractivity contribution in [3.8, 4) is 5.69 Å². The van der Waals surface area contributed by atoms with Crippen LogP contribution in [0.2, 0.25) is 0 Å². The Morgan fingerprint density at radius 1 is 0.900 bits per heavy atom. The van der Waals surface area contributed by atoms with Gasteiger partial charge in [0.15, 0.2) is 0 Å². The van der Waals surface area contributed by atoms with Crippen molar-refractivity contribution in [2.75, 3.05) is 0 Å². The summed E-state index contributed by atoms with van der Waals surface area (Å²) in [6.07, 6.45) is 2.55. The van der Waals surface area contributed by atoms with Crippen LogP contribution in [0.5, 0.6) is 0 Å². The Kier molecular flexibility index (Phi) is 6.60. The lowest BCUT2D eigenvalue weighted by atomic mass is 10.1. The molecule has 0 fully saturated rings. The second kappa shape index (κ2) is 9.10. The number of carbonyl (C=O) groups is 3. The molecule has 30 heavy (non-hydrogen) atoms. The number of nitro benzene ring substituents is 1. The van der Waals surface area contributed by atoms with E-state index in [4.69, 9.17) is 15.3 Å². The summed E-state index contributed by atoms with van der Waals surface area (Å²) in [7, 11) is 0. The van der Waals surface area contributed by atoms with Crippen LogP contribution in [0.15, 0.2) is 54.9 Å². The van der Waals surface area contributed by atoms with Crippen LogP contribution in [0.25, 0.3) is 5.69 Å². The van der Waals surface area contributed by atoms with Crippen molar-refractivity contribution in [1.82, 2.24) is 9.78 Å². The monoisotopic (exact) mass is 413 g/mol. The summed E-state index contributed by atoms with van der Waals surface area (Å²) in [4.78, 5) is 41.7. The fourth-order valence-electron chi connectivity index (χ4n) is 2.33. The van der Waals surface area contributed by atoms with Crippen molar-refractivity contribution in [3.05, 3.63) is 87.2 Å². The fourth-order valence-corrected chi connectivity index (χ4v) is 2.33. The van der Waals surface area contributed by atoms with Crippen LogP contribution in [0.3, 0.4) is 0 Å². The highest BCUT2D eigenvalue weighted by Crippen LogP contribution is 2.15. The molecule has 0 aliphatic carbocycles.